The van der Waals surface area contributed by atoms with E-state index in [1.54, 1.807) is 11.3 Å². The van der Waals surface area contributed by atoms with Crippen LogP contribution in [-0.2, 0) is 10.8 Å². The summed E-state index contributed by atoms with van der Waals surface area (Å²) < 4.78 is 1.22. The number of nitrogens with zero attached hydrogens (tertiary/aromatic N) is 1. The van der Waals surface area contributed by atoms with E-state index in [0.717, 1.165) is 16.1 Å². The third-order valence-electron chi connectivity index (χ3n) is 9.79. The van der Waals surface area contributed by atoms with Gasteiger partial charge in [0.1, 0.15) is 5.01 Å². The fourth-order valence-corrected chi connectivity index (χ4v) is 8.93. The lowest BCUT2D eigenvalue weighted by Crippen LogP contribution is -2.40. The summed E-state index contributed by atoms with van der Waals surface area (Å²) >= 11 is 1.76. The van der Waals surface area contributed by atoms with Gasteiger partial charge >= 0.3 is 0 Å². The minimum absolute atomic E-state index is 0.0979. The molecule has 0 fully saturated rings. The maximum absolute atomic E-state index is 4.98. The highest BCUT2D eigenvalue weighted by Gasteiger charge is 2.53. The van der Waals surface area contributed by atoms with Crippen LogP contribution >= 0.6 is 11.3 Å². The van der Waals surface area contributed by atoms with E-state index in [1.807, 2.05) is 0 Å². The molecule has 0 atom stereocenters. The summed E-state index contributed by atoms with van der Waals surface area (Å²) in [5.41, 5.74) is 15.2. The summed E-state index contributed by atoms with van der Waals surface area (Å²) in [6.45, 7) is 4.76. The number of aromatic nitrogens is 1. The summed E-state index contributed by atoms with van der Waals surface area (Å²) in [5.74, 6) is 0. The average molecular weight is 568 g/mol. The van der Waals surface area contributed by atoms with Crippen LogP contribution in [0.1, 0.15) is 47.2 Å². The molecule has 43 heavy (non-hydrogen) atoms. The smallest absolute Gasteiger partial charge is 0.124 e. The predicted octanol–water partition coefficient (Wildman–Crippen LogP) is 10.6. The Morgan fingerprint density at radius 3 is 1.79 bits per heavy atom. The fourth-order valence-electron chi connectivity index (χ4n) is 7.96. The number of benzene rings is 6. The van der Waals surface area contributed by atoms with Crippen LogP contribution in [0.25, 0.3) is 43.0 Å². The molecular formula is C41H29NS. The number of hydrogen-bond acceptors (Lipinski definition) is 2. The Morgan fingerprint density at radius 2 is 1.05 bits per heavy atom. The van der Waals surface area contributed by atoms with Gasteiger partial charge in [0.05, 0.1) is 15.6 Å². The first-order valence-corrected chi connectivity index (χ1v) is 15.8. The van der Waals surface area contributed by atoms with Crippen molar-refractivity contribution in [2.75, 3.05) is 0 Å². The van der Waals surface area contributed by atoms with Crippen molar-refractivity contribution in [2.45, 2.75) is 24.7 Å². The number of fused-ring (bicyclic) bond motifs is 10. The van der Waals surface area contributed by atoms with E-state index in [-0.39, 0.29) is 10.8 Å². The van der Waals surface area contributed by atoms with Crippen molar-refractivity contribution < 1.29 is 0 Å². The minimum Gasteiger partial charge on any atom is -0.236 e. The highest BCUT2D eigenvalue weighted by Crippen LogP contribution is 2.63. The highest BCUT2D eigenvalue weighted by atomic mass is 32.1. The maximum atomic E-state index is 4.98. The molecule has 0 bridgehead atoms. The summed E-state index contributed by atoms with van der Waals surface area (Å²) in [6.07, 6.45) is 0. The molecule has 2 heteroatoms. The van der Waals surface area contributed by atoms with Gasteiger partial charge in [-0.05, 0) is 73.8 Å². The van der Waals surface area contributed by atoms with Crippen LogP contribution in [0.15, 0.2) is 140 Å². The molecule has 0 N–H and O–H groups in total. The van der Waals surface area contributed by atoms with Crippen molar-refractivity contribution in [1.29, 1.82) is 0 Å². The van der Waals surface area contributed by atoms with Crippen LogP contribution in [0, 0.1) is 0 Å². The van der Waals surface area contributed by atoms with E-state index in [1.165, 1.54) is 60.3 Å². The van der Waals surface area contributed by atoms with Crippen molar-refractivity contribution in [3.63, 3.8) is 0 Å². The number of thiazole rings is 1. The van der Waals surface area contributed by atoms with Crippen molar-refractivity contribution in [1.82, 2.24) is 4.98 Å². The summed E-state index contributed by atoms with van der Waals surface area (Å²) in [7, 11) is 0. The van der Waals surface area contributed by atoms with Gasteiger partial charge in [0.2, 0.25) is 0 Å². The lowest BCUT2D eigenvalue weighted by molar-refractivity contribution is 0.563. The van der Waals surface area contributed by atoms with Crippen molar-refractivity contribution in [2.24, 2.45) is 0 Å². The Hall–Kier alpha value is -4.79. The highest BCUT2D eigenvalue weighted by molar-refractivity contribution is 7.21. The largest absolute Gasteiger partial charge is 0.236 e. The molecule has 2 aliphatic rings. The quantitative estimate of drug-likeness (QED) is 0.202. The zero-order valence-electron chi connectivity index (χ0n) is 24.1. The summed E-state index contributed by atoms with van der Waals surface area (Å²) in [5, 5.41) is 1.06. The van der Waals surface area contributed by atoms with E-state index in [2.05, 4.69) is 153 Å². The Morgan fingerprint density at radius 1 is 0.488 bits per heavy atom. The lowest BCUT2D eigenvalue weighted by Gasteiger charge is -2.46. The van der Waals surface area contributed by atoms with Crippen LogP contribution in [0.2, 0.25) is 0 Å². The molecule has 0 saturated heterocycles. The molecule has 1 aromatic heterocycles. The van der Waals surface area contributed by atoms with E-state index in [4.69, 9.17) is 4.98 Å². The van der Waals surface area contributed by atoms with Gasteiger partial charge in [-0.15, -0.1) is 11.3 Å². The van der Waals surface area contributed by atoms with Gasteiger partial charge in [-0.3, -0.25) is 0 Å². The Kier molecular flexibility index (Phi) is 5.10. The van der Waals surface area contributed by atoms with Crippen LogP contribution in [-0.4, -0.2) is 4.98 Å². The molecule has 1 heterocycles. The summed E-state index contributed by atoms with van der Waals surface area (Å²) in [4.78, 5) is 4.98. The predicted molar refractivity (Wildman–Crippen MR) is 180 cm³/mol. The van der Waals surface area contributed by atoms with Crippen LogP contribution < -0.4 is 0 Å². The van der Waals surface area contributed by atoms with Crippen molar-refractivity contribution in [3.8, 4) is 32.8 Å². The zero-order chi connectivity index (χ0) is 28.8. The molecule has 0 radical (unpaired) electrons. The molecule has 6 aromatic carbocycles. The fraction of sp³-hybridized carbons (Fsp3) is 0.0976. The second-order valence-corrected chi connectivity index (χ2v) is 13.3. The van der Waals surface area contributed by atoms with Crippen LogP contribution in [0.5, 0.6) is 0 Å². The Balaban J connectivity index is 1.34. The third-order valence-corrected chi connectivity index (χ3v) is 10.9. The molecule has 204 valence electrons. The molecule has 2 aliphatic carbocycles. The van der Waals surface area contributed by atoms with Gasteiger partial charge in [-0.2, -0.15) is 0 Å². The maximum Gasteiger partial charge on any atom is 0.124 e. The first-order chi connectivity index (χ1) is 21.1. The molecule has 7 aromatic rings. The van der Waals surface area contributed by atoms with Crippen molar-refractivity contribution in [3.05, 3.63) is 173 Å². The van der Waals surface area contributed by atoms with Crippen molar-refractivity contribution >= 4 is 21.6 Å². The molecule has 0 amide bonds. The first kappa shape index (κ1) is 24.8. The minimum atomic E-state index is -0.380. The normalized spacial score (nSPS) is 15.1. The molecule has 1 nitrogen and oxygen atoms in total. The standard InChI is InChI=1S/C41H29NS/c1-40(2)31-18-5-7-20-33(31)41(34-21-8-6-19-32(34)40)30-17-4-3-15-29(30)38-28(16-12-22-35(38)41)26-13-11-14-27(25-26)39-42-36-23-9-10-24-37(36)43-39/h3-25H,1-2H3. The third kappa shape index (κ3) is 3.25. The van der Waals surface area contributed by atoms with Gasteiger partial charge < -0.3 is 0 Å². The topological polar surface area (TPSA) is 12.9 Å². The molecule has 1 spiro atoms. The zero-order valence-corrected chi connectivity index (χ0v) is 25.0. The van der Waals surface area contributed by atoms with E-state index in [9.17, 15) is 0 Å². The molecule has 0 aliphatic heterocycles. The Labute approximate surface area is 256 Å². The van der Waals surface area contributed by atoms with Gasteiger partial charge in [-0.25, -0.2) is 4.98 Å². The number of rotatable bonds is 2. The SMILES string of the molecule is CC1(C)c2ccccc2C2(c3ccccc3-c3c(-c4cccc(-c5nc6ccccc6s5)c4)cccc32)c2ccccc21. The van der Waals surface area contributed by atoms with Gasteiger partial charge in [0.15, 0.2) is 0 Å². The number of hydrogen-bond donors (Lipinski definition) is 0. The molecular weight excluding hydrogens is 539 g/mol. The van der Waals surface area contributed by atoms with Crippen LogP contribution in [0.3, 0.4) is 0 Å². The second-order valence-electron chi connectivity index (χ2n) is 12.3. The monoisotopic (exact) mass is 567 g/mol. The molecule has 0 unspecified atom stereocenters. The Bertz CT molecular complexity index is 2150. The first-order valence-electron chi connectivity index (χ1n) is 15.0. The van der Waals surface area contributed by atoms with Gasteiger partial charge in [0, 0.05) is 11.0 Å². The van der Waals surface area contributed by atoms with E-state index in [0.29, 0.717) is 0 Å². The average Bonchev–Trinajstić information content (AvgIpc) is 3.62. The molecule has 0 saturated carbocycles. The molecule has 9 rings (SSSR count). The number of para-hydroxylation sites is 1. The van der Waals surface area contributed by atoms with Crippen LogP contribution in [0.4, 0.5) is 0 Å². The van der Waals surface area contributed by atoms with E-state index >= 15 is 0 Å². The van der Waals surface area contributed by atoms with E-state index < -0.39 is 0 Å². The summed E-state index contributed by atoms with van der Waals surface area (Å²) in [6, 6.07) is 51.7. The van der Waals surface area contributed by atoms with Gasteiger partial charge in [-0.1, -0.05) is 135 Å². The van der Waals surface area contributed by atoms with Gasteiger partial charge in [0.25, 0.3) is 0 Å². The second kappa shape index (κ2) is 8.86. The lowest BCUT2D eigenvalue weighted by atomic mass is 9.55.